The first-order valence-electron chi connectivity index (χ1n) is 28.8. The summed E-state index contributed by atoms with van der Waals surface area (Å²) in [5.41, 5.74) is 19.6. The number of fused-ring (bicyclic) bond motifs is 1. The number of rotatable bonds is 11. The molecular formula is C76H68N2O4P+. The standard InChI is InChI=1S/C76H68N2O4P/c1-51-47-53(3)69(54(4)48-51)77-45-46-78(70-55(5)49-52(2)50-56(70)6)73(77)83-81-75(65-37-29-61(30-38-65)57-21-13-9-14-22-57,66-39-31-62(32-40-66)58-23-15-10-16-24-58)71-72(80-74(7,8)79-71)76(82-83,67-41-33-63(34-42-67)59-25-17-11-18-26-59)68-43-35-64(36-44-68)60-27-19-12-20-28-60/h9-50,71-72H,1-8H3/q+1/t71-,72-/m0/s1. The van der Waals surface area contributed by atoms with Crippen LogP contribution in [0.25, 0.3) is 55.9 Å². The molecule has 0 N–H and O–H groups in total. The summed E-state index contributed by atoms with van der Waals surface area (Å²) in [4.78, 5) is 0. The summed E-state index contributed by atoms with van der Waals surface area (Å²) < 4.78 is 37.4. The number of imidazole rings is 1. The zero-order chi connectivity index (χ0) is 57.0. The first-order chi connectivity index (χ1) is 40.3. The molecule has 10 aromatic carbocycles. The lowest BCUT2D eigenvalue weighted by Gasteiger charge is -2.42. The molecule has 11 aromatic rings. The predicted octanol–water partition coefficient (Wildman–Crippen LogP) is 17.7. The fraction of sp³-hybridized carbons (Fsp3) is 0.171. The van der Waals surface area contributed by atoms with Crippen LogP contribution in [0.3, 0.4) is 0 Å². The van der Waals surface area contributed by atoms with E-state index in [2.05, 4.69) is 306 Å². The van der Waals surface area contributed by atoms with Gasteiger partial charge in [-0.25, -0.2) is 0 Å². The van der Waals surface area contributed by atoms with Gasteiger partial charge in [-0.1, -0.05) is 254 Å². The third kappa shape index (κ3) is 9.79. The van der Waals surface area contributed by atoms with Crippen LogP contribution in [0.1, 0.15) is 69.5 Å². The van der Waals surface area contributed by atoms with Crippen molar-refractivity contribution in [3.05, 3.63) is 311 Å². The molecule has 6 nitrogen and oxygen atoms in total. The molecule has 0 spiro atoms. The van der Waals surface area contributed by atoms with E-state index < -0.39 is 37.6 Å². The van der Waals surface area contributed by atoms with Gasteiger partial charge in [0.05, 0.1) is 0 Å². The number of hydrogen-bond donors (Lipinski definition) is 0. The highest BCUT2D eigenvalue weighted by Crippen LogP contribution is 2.64. The summed E-state index contributed by atoms with van der Waals surface area (Å²) in [5, 5.41) is 0. The lowest BCUT2D eigenvalue weighted by molar-refractivity contribution is -0.576. The van der Waals surface area contributed by atoms with Crippen LogP contribution in [-0.4, -0.2) is 22.6 Å². The van der Waals surface area contributed by atoms with Crippen molar-refractivity contribution in [2.24, 2.45) is 0 Å². The summed E-state index contributed by atoms with van der Waals surface area (Å²) in [7, 11) is -2.28. The van der Waals surface area contributed by atoms with Gasteiger partial charge in [0.25, 0.3) is 8.38 Å². The molecule has 2 aliphatic rings. The number of aromatic nitrogens is 2. The van der Waals surface area contributed by atoms with Crippen LogP contribution in [0.15, 0.2) is 255 Å². The number of ether oxygens (including phenoxy) is 2. The second-order valence-electron chi connectivity index (χ2n) is 23.0. The van der Waals surface area contributed by atoms with Gasteiger partial charge in [-0.2, -0.15) is 9.13 Å². The number of benzene rings is 10. The smallest absolute Gasteiger partial charge is 0.341 e. The largest absolute Gasteiger partial charge is 0.345 e. The zero-order valence-corrected chi connectivity index (χ0v) is 49.3. The minimum atomic E-state index is -2.28. The minimum absolute atomic E-state index is 0.833. The fourth-order valence-corrected chi connectivity index (χ4v) is 15.2. The number of nitrogens with zero attached hydrogens (tertiary/aromatic N) is 2. The zero-order valence-electron chi connectivity index (χ0n) is 48.4. The van der Waals surface area contributed by atoms with E-state index in [1.165, 1.54) is 11.1 Å². The Labute approximate surface area is 490 Å². The second kappa shape index (κ2) is 21.8. The van der Waals surface area contributed by atoms with Crippen LogP contribution in [0.2, 0.25) is 0 Å². The molecule has 0 amide bonds. The minimum Gasteiger partial charge on any atom is -0.341 e. The molecule has 3 heterocycles. The molecule has 13 rings (SSSR count). The highest BCUT2D eigenvalue weighted by molar-refractivity contribution is 7.55. The van der Waals surface area contributed by atoms with Crippen molar-refractivity contribution in [1.82, 2.24) is 4.57 Å². The van der Waals surface area contributed by atoms with E-state index in [-0.39, 0.29) is 0 Å². The summed E-state index contributed by atoms with van der Waals surface area (Å²) in [6.07, 6.45) is 2.73. The highest BCUT2D eigenvalue weighted by Gasteiger charge is 2.68. The van der Waals surface area contributed by atoms with Crippen molar-refractivity contribution in [1.29, 1.82) is 0 Å². The maximum absolute atomic E-state index is 8.63. The van der Waals surface area contributed by atoms with E-state index in [4.69, 9.17) is 18.5 Å². The van der Waals surface area contributed by atoms with Crippen LogP contribution in [-0.2, 0) is 29.7 Å². The van der Waals surface area contributed by atoms with Crippen molar-refractivity contribution >= 4 is 13.9 Å². The van der Waals surface area contributed by atoms with Gasteiger partial charge in [-0.15, -0.1) is 0 Å². The van der Waals surface area contributed by atoms with E-state index in [1.807, 2.05) is 13.8 Å². The van der Waals surface area contributed by atoms with Crippen molar-refractivity contribution < 1.29 is 23.1 Å². The molecule has 0 radical (unpaired) electrons. The van der Waals surface area contributed by atoms with Gasteiger partial charge < -0.3 is 18.5 Å². The van der Waals surface area contributed by atoms with Gasteiger partial charge in [0, 0.05) is 0 Å². The Morgan fingerprint density at radius 2 is 0.663 bits per heavy atom. The van der Waals surface area contributed by atoms with E-state index in [0.29, 0.717) is 0 Å². The molecule has 83 heavy (non-hydrogen) atoms. The average Bonchev–Trinajstić information content (AvgIpc) is 1.71. The normalized spacial score (nSPS) is 17.2. The Morgan fingerprint density at radius 3 is 0.976 bits per heavy atom. The third-order valence-corrected chi connectivity index (χ3v) is 18.4. The first kappa shape index (κ1) is 54.0. The van der Waals surface area contributed by atoms with Crippen molar-refractivity contribution in [3.63, 3.8) is 0 Å². The molecule has 410 valence electrons. The van der Waals surface area contributed by atoms with E-state index >= 15 is 0 Å². The SMILES string of the molecule is Cc1cc(C)c(-n2cc[n+](-c3c(C)cc(C)cc3C)c2P2OC(c3ccc(-c4ccccc4)cc3)(c3ccc(-c4ccccc4)cc3)[C@H]3OC(C)(C)O[C@@H]3C(c3ccc(-c4ccccc4)cc3)(c3ccc(-c4ccccc4)cc3)O2)c(C)c1. The summed E-state index contributed by atoms with van der Waals surface area (Å²) in [5.74, 6) is -1.12. The van der Waals surface area contributed by atoms with Crippen LogP contribution < -0.4 is 10.1 Å². The second-order valence-corrected chi connectivity index (χ2v) is 24.3. The number of hydrogen-bond acceptors (Lipinski definition) is 4. The molecule has 2 fully saturated rings. The quantitative estimate of drug-likeness (QED) is 0.0956. The Hall–Kier alpha value is -8.32. The molecule has 2 saturated heterocycles. The van der Waals surface area contributed by atoms with E-state index in [1.54, 1.807) is 0 Å². The van der Waals surface area contributed by atoms with Gasteiger partial charge in [-0.3, -0.25) is 0 Å². The summed E-state index contributed by atoms with van der Waals surface area (Å²) in [6.45, 7) is 17.2. The highest BCUT2D eigenvalue weighted by atomic mass is 31.2. The van der Waals surface area contributed by atoms with Crippen molar-refractivity contribution in [2.45, 2.75) is 84.6 Å². The molecule has 1 aromatic heterocycles. The van der Waals surface area contributed by atoms with E-state index in [9.17, 15) is 0 Å². The fourth-order valence-electron chi connectivity index (χ4n) is 13.2. The van der Waals surface area contributed by atoms with Gasteiger partial charge in [0.2, 0.25) is 0 Å². The Morgan fingerprint density at radius 1 is 0.373 bits per heavy atom. The lowest BCUT2D eigenvalue weighted by atomic mass is 9.71. The van der Waals surface area contributed by atoms with Crippen molar-refractivity contribution in [3.8, 4) is 55.9 Å². The molecule has 0 aliphatic carbocycles. The Bertz CT molecular complexity index is 3630. The molecular weight excluding hydrogens is 1040 g/mol. The maximum atomic E-state index is 8.63. The first-order valence-corrected chi connectivity index (χ1v) is 29.9. The van der Waals surface area contributed by atoms with Gasteiger partial charge in [0.15, 0.2) is 17.0 Å². The summed E-state index contributed by atoms with van der Waals surface area (Å²) >= 11 is 0. The molecule has 0 saturated carbocycles. The van der Waals surface area contributed by atoms with Crippen LogP contribution in [0.4, 0.5) is 0 Å². The Kier molecular flexibility index (Phi) is 14.2. The van der Waals surface area contributed by atoms with Gasteiger partial charge >= 0.3 is 5.57 Å². The lowest BCUT2D eigenvalue weighted by Crippen LogP contribution is -2.53. The maximum Gasteiger partial charge on any atom is 0.345 e. The predicted molar refractivity (Wildman–Crippen MR) is 337 cm³/mol. The van der Waals surface area contributed by atoms with Crippen LogP contribution in [0, 0.1) is 41.5 Å². The molecule has 7 heteroatoms. The molecule has 2 atom stereocenters. The average molecular weight is 1100 g/mol. The number of aryl methyl sites for hydroxylation is 6. The Balaban J connectivity index is 1.16. The van der Waals surface area contributed by atoms with Crippen molar-refractivity contribution in [2.75, 3.05) is 0 Å². The van der Waals surface area contributed by atoms with Gasteiger partial charge in [-0.05, 0) is 144 Å². The van der Waals surface area contributed by atoms with Crippen LogP contribution in [0.5, 0.6) is 0 Å². The molecule has 0 bridgehead atoms. The summed E-state index contributed by atoms with van der Waals surface area (Å²) in [6, 6.07) is 87.0. The van der Waals surface area contributed by atoms with E-state index in [0.717, 1.165) is 106 Å². The molecule has 2 aliphatic heterocycles. The molecule has 0 unspecified atom stereocenters. The van der Waals surface area contributed by atoms with Gasteiger partial charge in [0.1, 0.15) is 36.0 Å². The monoisotopic (exact) mass is 1100 g/mol. The third-order valence-electron chi connectivity index (χ3n) is 16.7. The topological polar surface area (TPSA) is 45.7 Å². The van der Waals surface area contributed by atoms with Crippen LogP contribution >= 0.6 is 8.38 Å².